The first-order valence-corrected chi connectivity index (χ1v) is 11.7. The van der Waals surface area contributed by atoms with E-state index in [-0.39, 0.29) is 41.6 Å². The number of carbonyl (C=O) groups is 2. The van der Waals surface area contributed by atoms with Gasteiger partial charge >= 0.3 is 0 Å². The molecule has 0 spiro atoms. The van der Waals surface area contributed by atoms with E-state index in [2.05, 4.69) is 5.32 Å². The topological polar surface area (TPSA) is 83.6 Å². The van der Waals surface area contributed by atoms with E-state index in [1.165, 1.54) is 23.4 Å². The quantitative estimate of drug-likeness (QED) is 0.681. The number of hydrogen-bond donors (Lipinski definition) is 1. The lowest BCUT2D eigenvalue weighted by Gasteiger charge is -2.31. The number of halogens is 1. The third-order valence-corrected chi connectivity index (χ3v) is 7.58. The second kappa shape index (κ2) is 9.29. The smallest absolute Gasteiger partial charge is 0.243 e. The summed E-state index contributed by atoms with van der Waals surface area (Å²) in [4.78, 5) is 24.3. The van der Waals surface area contributed by atoms with Crippen molar-refractivity contribution in [1.82, 2.24) is 9.62 Å². The van der Waals surface area contributed by atoms with Crippen molar-refractivity contribution >= 4 is 33.3 Å². The van der Waals surface area contributed by atoms with Crippen molar-refractivity contribution in [2.75, 3.05) is 13.1 Å². The molecule has 0 aromatic heterocycles. The molecule has 8 heteroatoms. The molecule has 0 bridgehead atoms. The predicted molar refractivity (Wildman–Crippen MR) is 116 cm³/mol. The van der Waals surface area contributed by atoms with Gasteiger partial charge in [-0.15, -0.1) is 0 Å². The molecule has 160 valence electrons. The van der Waals surface area contributed by atoms with Gasteiger partial charge in [0.25, 0.3) is 0 Å². The Morgan fingerprint density at radius 2 is 1.73 bits per heavy atom. The van der Waals surface area contributed by atoms with Crippen LogP contribution in [0.5, 0.6) is 0 Å². The molecule has 0 radical (unpaired) electrons. The summed E-state index contributed by atoms with van der Waals surface area (Å²) in [6.07, 6.45) is 0.898. The standard InChI is InChI=1S/C22H25ClN2O4S/c1-15(17-6-8-20(23)9-7-17)24-22(27)18-10-12-25(13-11-18)30(28,29)21-5-3-4-19(14-21)16(2)26/h3-9,14-15,18H,10-13H2,1-2H3,(H,24,27). The van der Waals surface area contributed by atoms with Crippen LogP contribution < -0.4 is 5.32 Å². The molecule has 3 rings (SSSR count). The number of rotatable bonds is 6. The van der Waals surface area contributed by atoms with Crippen LogP contribution in [0.15, 0.2) is 53.4 Å². The summed E-state index contributed by atoms with van der Waals surface area (Å²) in [7, 11) is -3.70. The van der Waals surface area contributed by atoms with Crippen molar-refractivity contribution in [2.24, 2.45) is 5.92 Å². The lowest BCUT2D eigenvalue weighted by Crippen LogP contribution is -2.43. The molecule has 1 unspecified atom stereocenters. The number of sulfonamides is 1. The second-order valence-electron chi connectivity index (χ2n) is 7.54. The summed E-state index contributed by atoms with van der Waals surface area (Å²) >= 11 is 5.90. The van der Waals surface area contributed by atoms with Crippen molar-refractivity contribution in [3.8, 4) is 0 Å². The number of hydrogen-bond acceptors (Lipinski definition) is 4. The summed E-state index contributed by atoms with van der Waals surface area (Å²) in [5, 5.41) is 3.64. The molecule has 30 heavy (non-hydrogen) atoms. The van der Waals surface area contributed by atoms with Crippen molar-refractivity contribution < 1.29 is 18.0 Å². The molecule has 2 aromatic carbocycles. The van der Waals surface area contributed by atoms with Gasteiger partial charge in [-0.05, 0) is 56.5 Å². The summed E-state index contributed by atoms with van der Waals surface area (Å²) in [5.74, 6) is -0.500. The molecule has 1 atom stereocenters. The fourth-order valence-electron chi connectivity index (χ4n) is 3.55. The Morgan fingerprint density at radius 1 is 1.10 bits per heavy atom. The lowest BCUT2D eigenvalue weighted by atomic mass is 9.96. The third-order valence-electron chi connectivity index (χ3n) is 5.43. The summed E-state index contributed by atoms with van der Waals surface area (Å²) in [6, 6.07) is 13.2. The number of ketones is 1. The highest BCUT2D eigenvalue weighted by Crippen LogP contribution is 2.25. The van der Waals surface area contributed by atoms with E-state index in [1.54, 1.807) is 24.3 Å². The SMILES string of the molecule is CC(=O)c1cccc(S(=O)(=O)N2CCC(C(=O)NC(C)c3ccc(Cl)cc3)CC2)c1. The van der Waals surface area contributed by atoms with Crippen LogP contribution in [0.25, 0.3) is 0 Å². The molecule has 2 aromatic rings. The number of Topliss-reactive ketones (excluding diaryl/α,β-unsaturated/α-hetero) is 1. The van der Waals surface area contributed by atoms with E-state index in [0.29, 0.717) is 23.4 Å². The zero-order valence-electron chi connectivity index (χ0n) is 17.0. The highest BCUT2D eigenvalue weighted by atomic mass is 35.5. The minimum atomic E-state index is -3.70. The van der Waals surface area contributed by atoms with E-state index in [9.17, 15) is 18.0 Å². The largest absolute Gasteiger partial charge is 0.349 e. The van der Waals surface area contributed by atoms with Gasteiger partial charge < -0.3 is 5.32 Å². The number of piperidine rings is 1. The number of amides is 1. The van der Waals surface area contributed by atoms with E-state index >= 15 is 0 Å². The van der Waals surface area contributed by atoms with Crippen LogP contribution in [-0.2, 0) is 14.8 Å². The summed E-state index contributed by atoms with van der Waals surface area (Å²) in [6.45, 7) is 3.84. The molecule has 1 aliphatic rings. The first-order valence-electron chi connectivity index (χ1n) is 9.85. The Kier molecular flexibility index (Phi) is 6.95. The normalized spacial score (nSPS) is 16.8. The first kappa shape index (κ1) is 22.5. The highest BCUT2D eigenvalue weighted by molar-refractivity contribution is 7.89. The zero-order chi connectivity index (χ0) is 21.9. The van der Waals surface area contributed by atoms with E-state index in [4.69, 9.17) is 11.6 Å². The van der Waals surface area contributed by atoms with Crippen molar-refractivity contribution in [3.05, 3.63) is 64.7 Å². The highest BCUT2D eigenvalue weighted by Gasteiger charge is 2.32. The third kappa shape index (κ3) is 5.09. The Morgan fingerprint density at radius 3 is 2.33 bits per heavy atom. The Bertz CT molecular complexity index is 1030. The fraction of sp³-hybridized carbons (Fsp3) is 0.364. The van der Waals surface area contributed by atoms with Crippen LogP contribution in [0.4, 0.5) is 0 Å². The predicted octanol–water partition coefficient (Wildman–Crippen LogP) is 3.82. The maximum absolute atomic E-state index is 12.9. The van der Waals surface area contributed by atoms with Gasteiger partial charge in [0.1, 0.15) is 0 Å². The van der Waals surface area contributed by atoms with Crippen LogP contribution >= 0.6 is 11.6 Å². The van der Waals surface area contributed by atoms with E-state index in [1.807, 2.05) is 19.1 Å². The van der Waals surface area contributed by atoms with Crippen LogP contribution in [0.1, 0.15) is 48.7 Å². The average molecular weight is 449 g/mol. The summed E-state index contributed by atoms with van der Waals surface area (Å²) in [5.41, 5.74) is 1.32. The second-order valence-corrected chi connectivity index (χ2v) is 9.92. The van der Waals surface area contributed by atoms with Gasteiger partial charge in [-0.2, -0.15) is 4.31 Å². The molecule has 1 N–H and O–H groups in total. The number of nitrogens with one attached hydrogen (secondary N) is 1. The molecule has 1 heterocycles. The Labute approximate surface area is 182 Å². The Balaban J connectivity index is 1.61. The minimum absolute atomic E-state index is 0.0759. The van der Waals surface area contributed by atoms with E-state index in [0.717, 1.165) is 5.56 Å². The molecule has 1 fully saturated rings. The van der Waals surface area contributed by atoms with Crippen LogP contribution in [0, 0.1) is 5.92 Å². The van der Waals surface area contributed by atoms with Gasteiger partial charge in [0.05, 0.1) is 10.9 Å². The molecule has 1 saturated heterocycles. The van der Waals surface area contributed by atoms with Crippen molar-refractivity contribution in [1.29, 1.82) is 0 Å². The monoisotopic (exact) mass is 448 g/mol. The van der Waals surface area contributed by atoms with Gasteiger partial charge in [-0.3, -0.25) is 9.59 Å². The Hall–Kier alpha value is -2.22. The van der Waals surface area contributed by atoms with Gasteiger partial charge in [-0.25, -0.2) is 8.42 Å². The first-order chi connectivity index (χ1) is 14.2. The van der Waals surface area contributed by atoms with Gasteiger partial charge in [0, 0.05) is 29.6 Å². The molecule has 1 amide bonds. The van der Waals surface area contributed by atoms with Gasteiger partial charge in [0.2, 0.25) is 15.9 Å². The fourth-order valence-corrected chi connectivity index (χ4v) is 5.19. The zero-order valence-corrected chi connectivity index (χ0v) is 18.5. The molecule has 6 nitrogen and oxygen atoms in total. The summed E-state index contributed by atoms with van der Waals surface area (Å²) < 4.78 is 27.3. The average Bonchev–Trinajstić information content (AvgIpc) is 2.74. The van der Waals surface area contributed by atoms with Gasteiger partial charge in [0.15, 0.2) is 5.78 Å². The van der Waals surface area contributed by atoms with Crippen LogP contribution in [-0.4, -0.2) is 37.5 Å². The molecule has 1 aliphatic heterocycles. The van der Waals surface area contributed by atoms with Crippen LogP contribution in [0.3, 0.4) is 0 Å². The van der Waals surface area contributed by atoms with Crippen molar-refractivity contribution in [3.63, 3.8) is 0 Å². The number of nitrogens with zero attached hydrogens (tertiary/aromatic N) is 1. The van der Waals surface area contributed by atoms with Gasteiger partial charge in [-0.1, -0.05) is 35.9 Å². The number of carbonyl (C=O) groups excluding carboxylic acids is 2. The van der Waals surface area contributed by atoms with E-state index < -0.39 is 10.0 Å². The maximum atomic E-state index is 12.9. The molecule has 0 aliphatic carbocycles. The maximum Gasteiger partial charge on any atom is 0.243 e. The molecular weight excluding hydrogens is 424 g/mol. The molecule has 0 saturated carbocycles. The number of benzene rings is 2. The van der Waals surface area contributed by atoms with Crippen molar-refractivity contribution in [2.45, 2.75) is 37.6 Å². The minimum Gasteiger partial charge on any atom is -0.349 e. The van der Waals surface area contributed by atoms with Crippen LogP contribution in [0.2, 0.25) is 5.02 Å². The lowest BCUT2D eigenvalue weighted by molar-refractivity contribution is -0.126. The molecular formula is C22H25ClN2O4S.